The summed E-state index contributed by atoms with van der Waals surface area (Å²) in [5.74, 6) is -0.525. The van der Waals surface area contributed by atoms with Crippen molar-refractivity contribution in [1.29, 1.82) is 0 Å². The number of hydrogen-bond acceptors (Lipinski definition) is 4. The van der Waals surface area contributed by atoms with Crippen molar-refractivity contribution in [2.24, 2.45) is 0 Å². The number of carbonyl (C=O) groups is 1. The van der Waals surface area contributed by atoms with Gasteiger partial charge in [0.15, 0.2) is 9.84 Å². The molecular weight excluding hydrogens is 513 g/mol. The Labute approximate surface area is 223 Å². The quantitative estimate of drug-likeness (QED) is 0.438. The van der Waals surface area contributed by atoms with Crippen molar-refractivity contribution in [2.75, 3.05) is 19.3 Å². The van der Waals surface area contributed by atoms with Crippen LogP contribution in [0.4, 0.5) is 13.2 Å². The van der Waals surface area contributed by atoms with Gasteiger partial charge in [-0.05, 0) is 88.4 Å². The lowest BCUT2D eigenvalue weighted by atomic mass is 9.77. The maximum absolute atomic E-state index is 13.5. The molecule has 0 bridgehead atoms. The molecule has 206 valence electrons. The zero-order chi connectivity index (χ0) is 27.7. The highest BCUT2D eigenvalue weighted by Crippen LogP contribution is 2.41. The number of alkyl halides is 3. The third kappa shape index (κ3) is 5.99. The molecule has 2 aliphatic rings. The number of carbonyl (C=O) groups excluding carboxylic acids is 1. The Bertz CT molecular complexity index is 1280. The van der Waals surface area contributed by atoms with Crippen LogP contribution in [0, 0.1) is 0 Å². The average Bonchev–Trinajstić information content (AvgIpc) is 2.88. The van der Waals surface area contributed by atoms with E-state index >= 15 is 0 Å². The van der Waals surface area contributed by atoms with Gasteiger partial charge in [-0.1, -0.05) is 30.3 Å². The number of benzene rings is 2. The lowest BCUT2D eigenvalue weighted by Gasteiger charge is -2.50. The van der Waals surface area contributed by atoms with Gasteiger partial charge in [-0.2, -0.15) is 13.2 Å². The predicted molar refractivity (Wildman–Crippen MR) is 142 cm³/mol. The maximum atomic E-state index is 13.5. The standard InChI is InChI=1S/C29H35F3N2O3S/c1-21(2)33(3)25-12-15-28(16-13-25,20-38(36,37)26-10-5-4-6-11-26)34-17-14-23(19-27(34)35)22-8-7-9-24(18-22)29(30,31)32/h4-11,18-19,21,25H,12-17,20H2,1-3H3. The van der Waals surface area contributed by atoms with E-state index in [4.69, 9.17) is 0 Å². The largest absolute Gasteiger partial charge is 0.416 e. The predicted octanol–water partition coefficient (Wildman–Crippen LogP) is 5.82. The van der Waals surface area contributed by atoms with Crippen molar-refractivity contribution in [3.05, 3.63) is 71.8 Å². The van der Waals surface area contributed by atoms with Gasteiger partial charge in [-0.25, -0.2) is 8.42 Å². The van der Waals surface area contributed by atoms with Crippen LogP contribution in [0.3, 0.4) is 0 Å². The Morgan fingerprint density at radius 2 is 1.71 bits per heavy atom. The van der Waals surface area contributed by atoms with Crippen LogP contribution < -0.4 is 0 Å². The Hall–Kier alpha value is -2.65. The summed E-state index contributed by atoms with van der Waals surface area (Å²) < 4.78 is 66.8. The van der Waals surface area contributed by atoms with E-state index in [0.717, 1.165) is 25.0 Å². The first-order valence-electron chi connectivity index (χ1n) is 13.0. The van der Waals surface area contributed by atoms with Crippen LogP contribution in [0.1, 0.15) is 57.1 Å². The van der Waals surface area contributed by atoms with Crippen LogP contribution in [-0.4, -0.2) is 61.1 Å². The minimum atomic E-state index is -4.47. The molecule has 1 fully saturated rings. The van der Waals surface area contributed by atoms with Gasteiger partial charge in [0.05, 0.1) is 21.8 Å². The van der Waals surface area contributed by atoms with Gasteiger partial charge in [0.1, 0.15) is 0 Å². The fourth-order valence-electron chi connectivity index (χ4n) is 5.76. The van der Waals surface area contributed by atoms with Crippen LogP contribution in [-0.2, 0) is 20.8 Å². The average molecular weight is 549 g/mol. The van der Waals surface area contributed by atoms with E-state index in [2.05, 4.69) is 25.8 Å². The highest BCUT2D eigenvalue weighted by atomic mass is 32.2. The molecule has 1 saturated carbocycles. The van der Waals surface area contributed by atoms with E-state index < -0.39 is 27.1 Å². The summed E-state index contributed by atoms with van der Waals surface area (Å²) in [5, 5.41) is 0. The van der Waals surface area contributed by atoms with Gasteiger partial charge >= 0.3 is 6.18 Å². The summed E-state index contributed by atoms with van der Waals surface area (Å²) in [7, 11) is -1.62. The Morgan fingerprint density at radius 1 is 1.05 bits per heavy atom. The molecule has 0 unspecified atom stereocenters. The second-order valence-corrected chi connectivity index (χ2v) is 12.8. The van der Waals surface area contributed by atoms with Crippen LogP contribution in [0.25, 0.3) is 5.57 Å². The molecule has 5 nitrogen and oxygen atoms in total. The third-order valence-corrected chi connectivity index (χ3v) is 10.0. The van der Waals surface area contributed by atoms with Crippen LogP contribution in [0.5, 0.6) is 0 Å². The molecule has 4 rings (SSSR count). The number of hydrogen-bond donors (Lipinski definition) is 0. The molecule has 2 aromatic rings. The second kappa shape index (κ2) is 10.8. The number of amides is 1. The zero-order valence-corrected chi connectivity index (χ0v) is 22.9. The van der Waals surface area contributed by atoms with Crippen LogP contribution in [0.2, 0.25) is 0 Å². The number of nitrogens with zero attached hydrogens (tertiary/aromatic N) is 2. The van der Waals surface area contributed by atoms with E-state index in [-0.39, 0.29) is 23.1 Å². The fourth-order valence-corrected chi connectivity index (χ4v) is 7.65. The molecule has 1 heterocycles. The van der Waals surface area contributed by atoms with Gasteiger partial charge in [0, 0.05) is 24.7 Å². The second-order valence-electron chi connectivity index (χ2n) is 10.8. The summed E-state index contributed by atoms with van der Waals surface area (Å²) in [4.78, 5) is 17.7. The zero-order valence-electron chi connectivity index (χ0n) is 22.0. The Kier molecular flexibility index (Phi) is 8.09. The molecular formula is C29H35F3N2O3S. The van der Waals surface area contributed by atoms with Crippen molar-refractivity contribution < 1.29 is 26.4 Å². The summed E-state index contributed by atoms with van der Waals surface area (Å²) in [6.07, 6.45) is -0.130. The molecule has 1 aliphatic carbocycles. The molecule has 0 aromatic heterocycles. The minimum absolute atomic E-state index is 0.180. The van der Waals surface area contributed by atoms with E-state index in [0.29, 0.717) is 42.5 Å². The molecule has 0 atom stereocenters. The normalized spacial score (nSPS) is 23.2. The van der Waals surface area contributed by atoms with Crippen molar-refractivity contribution in [2.45, 2.75) is 74.6 Å². The summed E-state index contributed by atoms with van der Waals surface area (Å²) in [6, 6.07) is 13.9. The first kappa shape index (κ1) is 28.4. The first-order valence-corrected chi connectivity index (χ1v) is 14.7. The van der Waals surface area contributed by atoms with Crippen molar-refractivity contribution in [3.63, 3.8) is 0 Å². The SMILES string of the molecule is CC(C)N(C)C1CCC(CS(=O)(=O)c2ccccc2)(N2CCC(c3cccc(C(F)(F)F)c3)=CC2=O)CC1. The monoisotopic (exact) mass is 548 g/mol. The van der Waals surface area contributed by atoms with Crippen molar-refractivity contribution in [1.82, 2.24) is 9.80 Å². The molecule has 38 heavy (non-hydrogen) atoms. The maximum Gasteiger partial charge on any atom is 0.416 e. The Balaban J connectivity index is 1.65. The molecule has 0 radical (unpaired) electrons. The summed E-state index contributed by atoms with van der Waals surface area (Å²) >= 11 is 0. The van der Waals surface area contributed by atoms with E-state index in [1.807, 2.05) is 0 Å². The van der Waals surface area contributed by atoms with Gasteiger partial charge in [0.25, 0.3) is 0 Å². The van der Waals surface area contributed by atoms with Gasteiger partial charge in [-0.15, -0.1) is 0 Å². The molecule has 2 aromatic carbocycles. The number of rotatable bonds is 7. The first-order chi connectivity index (χ1) is 17.8. The van der Waals surface area contributed by atoms with Crippen LogP contribution >= 0.6 is 0 Å². The minimum Gasteiger partial charge on any atom is -0.332 e. The van der Waals surface area contributed by atoms with Gasteiger partial charge in [0.2, 0.25) is 5.91 Å². The summed E-state index contributed by atoms with van der Waals surface area (Å²) in [5.41, 5.74) is -0.743. The summed E-state index contributed by atoms with van der Waals surface area (Å²) in [6.45, 7) is 4.50. The highest BCUT2D eigenvalue weighted by molar-refractivity contribution is 7.91. The van der Waals surface area contributed by atoms with Gasteiger partial charge in [-0.3, -0.25) is 4.79 Å². The smallest absolute Gasteiger partial charge is 0.332 e. The van der Waals surface area contributed by atoms with Gasteiger partial charge < -0.3 is 9.80 Å². The van der Waals surface area contributed by atoms with Crippen LogP contribution in [0.15, 0.2) is 65.6 Å². The molecule has 0 spiro atoms. The third-order valence-electron chi connectivity index (χ3n) is 8.14. The Morgan fingerprint density at radius 3 is 2.29 bits per heavy atom. The molecule has 0 N–H and O–H groups in total. The lowest BCUT2D eigenvalue weighted by Crippen LogP contribution is -2.59. The van der Waals surface area contributed by atoms with E-state index in [1.165, 1.54) is 12.1 Å². The van der Waals surface area contributed by atoms with E-state index in [1.54, 1.807) is 41.3 Å². The molecule has 1 amide bonds. The molecule has 1 aliphatic heterocycles. The topological polar surface area (TPSA) is 57.7 Å². The van der Waals surface area contributed by atoms with Crippen molar-refractivity contribution >= 4 is 21.3 Å². The highest BCUT2D eigenvalue weighted by Gasteiger charge is 2.47. The lowest BCUT2D eigenvalue weighted by molar-refractivity contribution is -0.137. The molecule has 0 saturated heterocycles. The fraction of sp³-hybridized carbons (Fsp3) is 0.483. The van der Waals surface area contributed by atoms with Crippen molar-refractivity contribution in [3.8, 4) is 0 Å². The number of halogens is 3. The van der Waals surface area contributed by atoms with E-state index in [9.17, 15) is 26.4 Å². The number of sulfone groups is 1. The molecule has 9 heteroatoms.